The number of nitrogens with zero attached hydrogens (tertiary/aromatic N) is 2. The Kier molecular flexibility index (Phi) is 3.18. The predicted molar refractivity (Wildman–Crippen MR) is 76.8 cm³/mol. The second-order valence-corrected chi connectivity index (χ2v) is 6.18. The van der Waals surface area contributed by atoms with Crippen molar-refractivity contribution in [2.45, 2.75) is 9.10 Å². The molecule has 0 atom stereocenters. The molecule has 0 radical (unpaired) electrons. The van der Waals surface area contributed by atoms with Crippen molar-refractivity contribution in [3.63, 3.8) is 0 Å². The first-order valence-electron chi connectivity index (χ1n) is 5.50. The van der Waals surface area contributed by atoms with Crippen LogP contribution >= 0.6 is 23.1 Å². The highest BCUT2D eigenvalue weighted by Crippen LogP contribution is 2.38. The molecular formula is C13H8N2O2S2. The van der Waals surface area contributed by atoms with E-state index in [2.05, 4.69) is 4.98 Å². The lowest BCUT2D eigenvalue weighted by molar-refractivity contribution is -0.380. The number of nitro groups is 1. The van der Waals surface area contributed by atoms with Gasteiger partial charge in [-0.25, -0.2) is 0 Å². The van der Waals surface area contributed by atoms with E-state index in [0.717, 1.165) is 20.0 Å². The molecule has 0 bridgehead atoms. The van der Waals surface area contributed by atoms with Crippen LogP contribution in [0.25, 0.3) is 10.9 Å². The van der Waals surface area contributed by atoms with Crippen molar-refractivity contribution in [1.29, 1.82) is 0 Å². The van der Waals surface area contributed by atoms with Crippen molar-refractivity contribution in [2.24, 2.45) is 0 Å². The number of thiophene rings is 1. The fourth-order valence-electron chi connectivity index (χ4n) is 1.73. The van der Waals surface area contributed by atoms with Crippen LogP contribution in [0.2, 0.25) is 0 Å². The Bertz CT molecular complexity index is 750. The van der Waals surface area contributed by atoms with E-state index < -0.39 is 0 Å². The monoisotopic (exact) mass is 288 g/mol. The zero-order chi connectivity index (χ0) is 13.2. The second-order valence-electron chi connectivity index (χ2n) is 3.78. The molecule has 0 aliphatic heterocycles. The molecule has 0 saturated heterocycles. The van der Waals surface area contributed by atoms with Gasteiger partial charge < -0.3 is 0 Å². The van der Waals surface area contributed by atoms with Crippen molar-refractivity contribution >= 4 is 39.0 Å². The fraction of sp³-hybridized carbons (Fsp3) is 0. The lowest BCUT2D eigenvalue weighted by Gasteiger charge is -2.03. The van der Waals surface area contributed by atoms with Crippen LogP contribution in [0.4, 0.5) is 5.00 Å². The van der Waals surface area contributed by atoms with Gasteiger partial charge in [0.15, 0.2) is 0 Å². The van der Waals surface area contributed by atoms with Crippen molar-refractivity contribution in [3.05, 3.63) is 58.8 Å². The van der Waals surface area contributed by atoms with Crippen LogP contribution in [0.5, 0.6) is 0 Å². The number of fused-ring (bicyclic) bond motifs is 1. The SMILES string of the molecule is O=[N+]([O-])c1ccc(Sc2ccnc3ccccc23)s1. The number of pyridine rings is 1. The minimum absolute atomic E-state index is 0.167. The summed E-state index contributed by atoms with van der Waals surface area (Å²) < 4.78 is 0.906. The lowest BCUT2D eigenvalue weighted by Crippen LogP contribution is -1.81. The minimum atomic E-state index is -0.362. The van der Waals surface area contributed by atoms with E-state index >= 15 is 0 Å². The molecule has 4 nitrogen and oxygen atoms in total. The lowest BCUT2D eigenvalue weighted by atomic mass is 10.2. The normalized spacial score (nSPS) is 10.7. The third-order valence-corrected chi connectivity index (χ3v) is 4.81. The minimum Gasteiger partial charge on any atom is -0.258 e. The molecule has 0 N–H and O–H groups in total. The number of hydrogen-bond acceptors (Lipinski definition) is 5. The van der Waals surface area contributed by atoms with E-state index in [4.69, 9.17) is 0 Å². The van der Waals surface area contributed by atoms with Crippen LogP contribution < -0.4 is 0 Å². The van der Waals surface area contributed by atoms with Crippen molar-refractivity contribution in [1.82, 2.24) is 4.98 Å². The number of para-hydroxylation sites is 1. The summed E-state index contributed by atoms with van der Waals surface area (Å²) >= 11 is 2.72. The van der Waals surface area contributed by atoms with Crippen LogP contribution in [0.1, 0.15) is 0 Å². The van der Waals surface area contributed by atoms with Gasteiger partial charge in [0, 0.05) is 22.5 Å². The Balaban J connectivity index is 1.98. The maximum atomic E-state index is 10.7. The molecule has 0 aliphatic carbocycles. The van der Waals surface area contributed by atoms with Gasteiger partial charge in [0.2, 0.25) is 0 Å². The molecule has 0 amide bonds. The highest BCUT2D eigenvalue weighted by atomic mass is 32.2. The first kappa shape index (κ1) is 12.1. The highest BCUT2D eigenvalue weighted by molar-refractivity contribution is 8.01. The van der Waals surface area contributed by atoms with E-state index in [9.17, 15) is 10.1 Å². The quantitative estimate of drug-likeness (QED) is 0.531. The molecule has 19 heavy (non-hydrogen) atoms. The van der Waals surface area contributed by atoms with E-state index in [1.165, 1.54) is 29.2 Å². The molecule has 6 heteroatoms. The maximum Gasteiger partial charge on any atom is 0.325 e. The Morgan fingerprint density at radius 2 is 2.00 bits per heavy atom. The van der Waals surface area contributed by atoms with Gasteiger partial charge in [-0.1, -0.05) is 41.3 Å². The third-order valence-electron chi connectivity index (χ3n) is 2.57. The molecule has 0 unspecified atom stereocenters. The molecular weight excluding hydrogens is 280 g/mol. The first-order valence-corrected chi connectivity index (χ1v) is 7.13. The van der Waals surface area contributed by atoms with Crippen LogP contribution in [0, 0.1) is 10.1 Å². The van der Waals surface area contributed by atoms with E-state index in [0.29, 0.717) is 0 Å². The molecule has 0 fully saturated rings. The van der Waals surface area contributed by atoms with E-state index in [1.807, 2.05) is 30.3 Å². The average Bonchev–Trinajstić information content (AvgIpc) is 2.88. The van der Waals surface area contributed by atoms with Crippen LogP contribution in [0.3, 0.4) is 0 Å². The fourth-order valence-corrected chi connectivity index (χ4v) is 3.74. The summed E-state index contributed by atoms with van der Waals surface area (Å²) in [4.78, 5) is 15.7. The molecule has 3 rings (SSSR count). The Labute approximate surface area is 117 Å². The average molecular weight is 288 g/mol. The number of benzene rings is 1. The predicted octanol–water partition coefficient (Wildman–Crippen LogP) is 4.36. The first-order chi connectivity index (χ1) is 9.24. The van der Waals surface area contributed by atoms with Crippen LogP contribution in [-0.2, 0) is 0 Å². The summed E-state index contributed by atoms with van der Waals surface area (Å²) in [7, 11) is 0. The summed E-state index contributed by atoms with van der Waals surface area (Å²) in [6.45, 7) is 0. The van der Waals surface area contributed by atoms with Gasteiger partial charge in [0.05, 0.1) is 14.6 Å². The van der Waals surface area contributed by atoms with Gasteiger partial charge in [-0.3, -0.25) is 15.1 Å². The Morgan fingerprint density at radius 3 is 2.79 bits per heavy atom. The summed E-state index contributed by atoms with van der Waals surface area (Å²) in [5.41, 5.74) is 0.929. The molecule has 2 heterocycles. The summed E-state index contributed by atoms with van der Waals surface area (Å²) in [5, 5.41) is 11.9. The van der Waals surface area contributed by atoms with Gasteiger partial charge in [-0.05, 0) is 18.2 Å². The Hall–Kier alpha value is -1.92. The van der Waals surface area contributed by atoms with E-state index in [-0.39, 0.29) is 9.92 Å². The Morgan fingerprint density at radius 1 is 1.16 bits per heavy atom. The molecule has 2 aromatic heterocycles. The number of rotatable bonds is 3. The molecule has 1 aromatic carbocycles. The summed E-state index contributed by atoms with van der Waals surface area (Å²) in [6.07, 6.45) is 1.76. The standard InChI is InChI=1S/C13H8N2O2S2/c16-15(17)12-5-6-13(19-12)18-11-7-8-14-10-4-2-1-3-9(10)11/h1-8H. The molecule has 0 saturated carbocycles. The molecule has 0 spiro atoms. The zero-order valence-electron chi connectivity index (χ0n) is 9.65. The molecule has 3 aromatic rings. The third kappa shape index (κ3) is 2.45. The topological polar surface area (TPSA) is 56.0 Å². The van der Waals surface area contributed by atoms with Crippen LogP contribution in [0.15, 0.2) is 57.8 Å². The molecule has 94 valence electrons. The van der Waals surface area contributed by atoms with Crippen molar-refractivity contribution in [2.75, 3.05) is 0 Å². The largest absolute Gasteiger partial charge is 0.325 e. The summed E-state index contributed by atoms with van der Waals surface area (Å²) in [5.74, 6) is 0. The molecule has 0 aliphatic rings. The van der Waals surface area contributed by atoms with Crippen molar-refractivity contribution in [3.8, 4) is 0 Å². The van der Waals surface area contributed by atoms with Crippen LogP contribution in [-0.4, -0.2) is 9.91 Å². The maximum absolute atomic E-state index is 10.7. The second kappa shape index (κ2) is 4.99. The van der Waals surface area contributed by atoms with Gasteiger partial charge in [-0.15, -0.1) is 0 Å². The highest BCUT2D eigenvalue weighted by Gasteiger charge is 2.11. The van der Waals surface area contributed by atoms with Gasteiger partial charge in [0.25, 0.3) is 0 Å². The van der Waals surface area contributed by atoms with Gasteiger partial charge in [-0.2, -0.15) is 0 Å². The van der Waals surface area contributed by atoms with Gasteiger partial charge >= 0.3 is 5.00 Å². The smallest absolute Gasteiger partial charge is 0.258 e. The van der Waals surface area contributed by atoms with Gasteiger partial charge in [0.1, 0.15) is 0 Å². The zero-order valence-corrected chi connectivity index (χ0v) is 11.3. The van der Waals surface area contributed by atoms with Crippen molar-refractivity contribution < 1.29 is 4.92 Å². The number of aromatic nitrogens is 1. The number of hydrogen-bond donors (Lipinski definition) is 0. The van der Waals surface area contributed by atoms with E-state index in [1.54, 1.807) is 12.3 Å². The summed E-state index contributed by atoms with van der Waals surface area (Å²) in [6, 6.07) is 13.1.